The second-order valence-corrected chi connectivity index (χ2v) is 5.14. The second-order valence-electron chi connectivity index (χ2n) is 4.11. The number of nitrogens with zero attached hydrogens (tertiary/aromatic N) is 2. The lowest BCUT2D eigenvalue weighted by atomic mass is 10.3. The molecule has 0 amide bonds. The molecular formula is C11H14N4S. The largest absolute Gasteiger partial charge is 0.382 e. The molecule has 5 heteroatoms. The Kier molecular flexibility index (Phi) is 2.32. The van der Waals surface area contributed by atoms with Gasteiger partial charge in [-0.05, 0) is 24.3 Å². The molecule has 3 N–H and O–H groups in total. The highest BCUT2D eigenvalue weighted by molar-refractivity contribution is 7.09. The highest BCUT2D eigenvalue weighted by Gasteiger charge is 2.31. The molecule has 3 rings (SSSR count). The minimum atomic E-state index is 0.641. The Morgan fingerprint density at radius 3 is 3.00 bits per heavy atom. The van der Waals surface area contributed by atoms with E-state index in [1.807, 2.05) is 6.20 Å². The van der Waals surface area contributed by atoms with Crippen molar-refractivity contribution < 1.29 is 0 Å². The molecule has 1 saturated carbocycles. The summed E-state index contributed by atoms with van der Waals surface area (Å²) < 4.78 is 0. The van der Waals surface area contributed by atoms with Crippen molar-refractivity contribution >= 4 is 22.8 Å². The summed E-state index contributed by atoms with van der Waals surface area (Å²) in [4.78, 5) is 3.72. The molecule has 1 fully saturated rings. The molecule has 1 aliphatic carbocycles. The van der Waals surface area contributed by atoms with Crippen LogP contribution in [0.3, 0.4) is 0 Å². The Morgan fingerprint density at radius 1 is 1.56 bits per heavy atom. The van der Waals surface area contributed by atoms with Gasteiger partial charge in [0.15, 0.2) is 0 Å². The summed E-state index contributed by atoms with van der Waals surface area (Å²) in [6.07, 6.45) is 4.34. The van der Waals surface area contributed by atoms with Crippen LogP contribution < -0.4 is 10.6 Å². The number of H-pyrrole nitrogens is 1. The van der Waals surface area contributed by atoms with Crippen LogP contribution in [0.15, 0.2) is 23.7 Å². The van der Waals surface area contributed by atoms with Crippen LogP contribution in [0.1, 0.15) is 17.7 Å². The number of hydrogen-bond acceptors (Lipinski definition) is 4. The van der Waals surface area contributed by atoms with Crippen LogP contribution in [0, 0.1) is 0 Å². The summed E-state index contributed by atoms with van der Waals surface area (Å²) in [6, 6.07) is 4.89. The topological polar surface area (TPSA) is 57.9 Å². The van der Waals surface area contributed by atoms with Crippen molar-refractivity contribution in [1.29, 1.82) is 0 Å². The molecule has 0 aromatic carbocycles. The molecule has 0 aliphatic heterocycles. The maximum absolute atomic E-state index is 5.88. The van der Waals surface area contributed by atoms with E-state index in [4.69, 9.17) is 5.73 Å². The Hall–Kier alpha value is -1.49. The lowest BCUT2D eigenvalue weighted by Gasteiger charge is -2.22. The maximum atomic E-state index is 5.88. The number of anilines is 2. The first-order valence-corrected chi connectivity index (χ1v) is 6.30. The van der Waals surface area contributed by atoms with E-state index < -0.39 is 0 Å². The Balaban J connectivity index is 1.84. The van der Waals surface area contributed by atoms with Crippen LogP contribution in [0.2, 0.25) is 0 Å². The highest BCUT2D eigenvalue weighted by atomic mass is 32.1. The van der Waals surface area contributed by atoms with Crippen LogP contribution in [0.4, 0.5) is 11.5 Å². The van der Waals surface area contributed by atoms with E-state index in [2.05, 4.69) is 32.6 Å². The molecule has 4 nitrogen and oxygen atoms in total. The Bertz CT molecular complexity index is 458. The van der Waals surface area contributed by atoms with Gasteiger partial charge in [-0.3, -0.25) is 5.10 Å². The third kappa shape index (κ3) is 1.78. The fourth-order valence-electron chi connectivity index (χ4n) is 1.89. The third-order valence-electron chi connectivity index (χ3n) is 2.85. The van der Waals surface area contributed by atoms with Crippen molar-refractivity contribution in [3.63, 3.8) is 0 Å². The molecule has 0 unspecified atom stereocenters. The van der Waals surface area contributed by atoms with Crippen LogP contribution in [-0.4, -0.2) is 16.2 Å². The lowest BCUT2D eigenvalue weighted by Crippen LogP contribution is -2.24. The molecule has 0 bridgehead atoms. The second kappa shape index (κ2) is 3.83. The van der Waals surface area contributed by atoms with Gasteiger partial charge >= 0.3 is 0 Å². The smallest absolute Gasteiger partial charge is 0.142 e. The number of aromatic nitrogens is 2. The van der Waals surface area contributed by atoms with Crippen molar-refractivity contribution in [2.45, 2.75) is 25.4 Å². The number of rotatable bonds is 4. The monoisotopic (exact) mass is 234 g/mol. The van der Waals surface area contributed by atoms with Gasteiger partial charge in [0, 0.05) is 10.9 Å². The molecule has 0 saturated heterocycles. The molecule has 0 atom stereocenters. The van der Waals surface area contributed by atoms with E-state index in [1.165, 1.54) is 17.7 Å². The summed E-state index contributed by atoms with van der Waals surface area (Å²) in [5.74, 6) is 0.670. The Labute approximate surface area is 98.1 Å². The van der Waals surface area contributed by atoms with E-state index in [0.717, 1.165) is 12.2 Å². The average molecular weight is 234 g/mol. The minimum Gasteiger partial charge on any atom is -0.382 e. The van der Waals surface area contributed by atoms with E-state index in [-0.39, 0.29) is 0 Å². The van der Waals surface area contributed by atoms with Gasteiger partial charge in [-0.1, -0.05) is 6.07 Å². The SMILES string of the molecule is Nc1[nH]ncc1N(Cc1cccs1)C1CC1. The number of hydrogen-bond donors (Lipinski definition) is 2. The summed E-state index contributed by atoms with van der Waals surface area (Å²) in [6.45, 7) is 0.937. The number of aromatic amines is 1. The number of nitrogens with one attached hydrogen (secondary N) is 1. The van der Waals surface area contributed by atoms with Crippen LogP contribution >= 0.6 is 11.3 Å². The number of thiophene rings is 1. The van der Waals surface area contributed by atoms with Crippen molar-refractivity contribution in [3.8, 4) is 0 Å². The highest BCUT2D eigenvalue weighted by Crippen LogP contribution is 2.35. The van der Waals surface area contributed by atoms with Gasteiger partial charge in [-0.25, -0.2) is 0 Å². The molecule has 2 aromatic heterocycles. The van der Waals surface area contributed by atoms with Crippen molar-refractivity contribution in [2.75, 3.05) is 10.6 Å². The predicted octanol–water partition coefficient (Wildman–Crippen LogP) is 2.22. The zero-order valence-electron chi connectivity index (χ0n) is 8.89. The van der Waals surface area contributed by atoms with Gasteiger partial charge in [0.25, 0.3) is 0 Å². The molecule has 0 radical (unpaired) electrons. The van der Waals surface area contributed by atoms with Crippen LogP contribution in [0.25, 0.3) is 0 Å². The van der Waals surface area contributed by atoms with Crippen molar-refractivity contribution in [1.82, 2.24) is 10.2 Å². The first-order valence-electron chi connectivity index (χ1n) is 5.42. The summed E-state index contributed by atoms with van der Waals surface area (Å²) in [7, 11) is 0. The van der Waals surface area contributed by atoms with E-state index in [9.17, 15) is 0 Å². The number of nitrogens with two attached hydrogens (primary N) is 1. The van der Waals surface area contributed by atoms with Gasteiger partial charge in [0.1, 0.15) is 5.82 Å². The first-order chi connectivity index (χ1) is 7.84. The average Bonchev–Trinajstić information content (AvgIpc) is 2.82. The van der Waals surface area contributed by atoms with Gasteiger partial charge in [-0.2, -0.15) is 5.10 Å². The van der Waals surface area contributed by atoms with Crippen LogP contribution in [-0.2, 0) is 6.54 Å². The third-order valence-corrected chi connectivity index (χ3v) is 3.71. The fourth-order valence-corrected chi connectivity index (χ4v) is 2.59. The lowest BCUT2D eigenvalue weighted by molar-refractivity contribution is 0.805. The number of nitrogen functional groups attached to an aromatic ring is 1. The van der Waals surface area contributed by atoms with E-state index in [0.29, 0.717) is 11.9 Å². The minimum absolute atomic E-state index is 0.641. The quantitative estimate of drug-likeness (QED) is 0.852. The Morgan fingerprint density at radius 2 is 2.44 bits per heavy atom. The van der Waals surface area contributed by atoms with Gasteiger partial charge in [-0.15, -0.1) is 11.3 Å². The fraction of sp³-hybridized carbons (Fsp3) is 0.364. The predicted molar refractivity (Wildman–Crippen MR) is 66.5 cm³/mol. The zero-order valence-corrected chi connectivity index (χ0v) is 9.70. The zero-order chi connectivity index (χ0) is 11.0. The molecule has 84 valence electrons. The van der Waals surface area contributed by atoms with Crippen molar-refractivity contribution in [3.05, 3.63) is 28.6 Å². The van der Waals surface area contributed by atoms with Gasteiger partial charge < -0.3 is 10.6 Å². The molecule has 16 heavy (non-hydrogen) atoms. The standard InChI is InChI=1S/C11H14N4S/c12-11-10(6-13-14-11)15(8-3-4-8)7-9-2-1-5-16-9/h1-2,5-6,8H,3-4,7H2,(H3,12,13,14). The van der Waals surface area contributed by atoms with Gasteiger partial charge in [0.05, 0.1) is 18.4 Å². The van der Waals surface area contributed by atoms with E-state index >= 15 is 0 Å². The molecule has 0 spiro atoms. The normalized spacial score (nSPS) is 15.2. The van der Waals surface area contributed by atoms with Gasteiger partial charge in [0.2, 0.25) is 0 Å². The summed E-state index contributed by atoms with van der Waals surface area (Å²) in [5, 5.41) is 8.90. The molecular weight excluding hydrogens is 220 g/mol. The van der Waals surface area contributed by atoms with E-state index in [1.54, 1.807) is 11.3 Å². The van der Waals surface area contributed by atoms with Crippen LogP contribution in [0.5, 0.6) is 0 Å². The first kappa shape index (κ1) is 9.72. The molecule has 2 heterocycles. The van der Waals surface area contributed by atoms with Crippen molar-refractivity contribution in [2.24, 2.45) is 0 Å². The molecule has 2 aromatic rings. The molecule has 1 aliphatic rings. The summed E-state index contributed by atoms with van der Waals surface area (Å²) >= 11 is 1.79. The maximum Gasteiger partial charge on any atom is 0.142 e. The summed E-state index contributed by atoms with van der Waals surface area (Å²) in [5.41, 5.74) is 6.92.